The molecule has 1 N–H and O–H groups in total. The second-order valence-corrected chi connectivity index (χ2v) is 6.64. The van der Waals surface area contributed by atoms with E-state index >= 15 is 0 Å². The lowest BCUT2D eigenvalue weighted by molar-refractivity contribution is -0.129. The van der Waals surface area contributed by atoms with E-state index in [4.69, 9.17) is 4.74 Å². The van der Waals surface area contributed by atoms with Gasteiger partial charge in [-0.1, -0.05) is 32.9 Å². The van der Waals surface area contributed by atoms with Crippen molar-refractivity contribution in [2.75, 3.05) is 19.6 Å². The number of nitrogens with zero attached hydrogens (tertiary/aromatic N) is 1. The predicted octanol–water partition coefficient (Wildman–Crippen LogP) is 3.40. The first-order chi connectivity index (χ1) is 11.7. The van der Waals surface area contributed by atoms with Crippen LogP contribution in [0.3, 0.4) is 0 Å². The minimum Gasteiger partial charge on any atom is -0.481 e. The van der Waals surface area contributed by atoms with Crippen molar-refractivity contribution in [1.29, 1.82) is 0 Å². The Morgan fingerprint density at radius 1 is 1.21 bits per heavy atom. The number of rotatable bonds is 8. The van der Waals surface area contributed by atoms with E-state index in [1.807, 2.05) is 19.1 Å². The van der Waals surface area contributed by atoms with Crippen molar-refractivity contribution in [3.05, 3.63) is 29.8 Å². The summed E-state index contributed by atoms with van der Waals surface area (Å²) >= 11 is 0. The molecular weight excluding hydrogens is 300 g/mol. The Morgan fingerprint density at radius 3 is 2.42 bits per heavy atom. The van der Waals surface area contributed by atoms with E-state index in [1.165, 1.54) is 12.0 Å². The second kappa shape index (κ2) is 9.67. The summed E-state index contributed by atoms with van der Waals surface area (Å²) in [4.78, 5) is 15.0. The first kappa shape index (κ1) is 18.8. The standard InChI is InChI=1S/C20H32N2O2/c1-4-13-22-14-11-17(12-15-22)21-20(23)19(6-3)24-18-9-7-16(5-2)8-10-18/h7-10,17,19H,4-6,11-15H2,1-3H3,(H,21,23)/t19-/m0/s1. The largest absolute Gasteiger partial charge is 0.481 e. The molecule has 1 atom stereocenters. The van der Waals surface area contributed by atoms with Crippen LogP contribution >= 0.6 is 0 Å². The quantitative estimate of drug-likeness (QED) is 0.793. The molecule has 0 aromatic heterocycles. The molecule has 1 fully saturated rings. The van der Waals surface area contributed by atoms with E-state index in [0.29, 0.717) is 6.42 Å². The lowest BCUT2D eigenvalue weighted by Crippen LogP contribution is -2.48. The number of carbonyl (C=O) groups excluding carboxylic acids is 1. The summed E-state index contributed by atoms with van der Waals surface area (Å²) in [5.74, 6) is 0.790. The smallest absolute Gasteiger partial charge is 0.261 e. The fraction of sp³-hybridized carbons (Fsp3) is 0.650. The number of likely N-dealkylation sites (tertiary alicyclic amines) is 1. The van der Waals surface area contributed by atoms with Crippen molar-refractivity contribution in [3.8, 4) is 5.75 Å². The van der Waals surface area contributed by atoms with Crippen LogP contribution < -0.4 is 10.1 Å². The van der Waals surface area contributed by atoms with Crippen LogP contribution in [0.4, 0.5) is 0 Å². The number of ether oxygens (including phenoxy) is 1. The van der Waals surface area contributed by atoms with Crippen LogP contribution in [-0.4, -0.2) is 42.6 Å². The van der Waals surface area contributed by atoms with Crippen LogP contribution in [0.1, 0.15) is 52.0 Å². The number of hydrogen-bond acceptors (Lipinski definition) is 3. The second-order valence-electron chi connectivity index (χ2n) is 6.64. The highest BCUT2D eigenvalue weighted by molar-refractivity contribution is 5.81. The number of amides is 1. The van der Waals surface area contributed by atoms with Crippen LogP contribution in [-0.2, 0) is 11.2 Å². The van der Waals surface area contributed by atoms with E-state index in [2.05, 4.69) is 36.2 Å². The van der Waals surface area contributed by atoms with Crippen molar-refractivity contribution in [2.24, 2.45) is 0 Å². The predicted molar refractivity (Wildman–Crippen MR) is 98.4 cm³/mol. The first-order valence-corrected chi connectivity index (χ1v) is 9.44. The minimum atomic E-state index is -0.411. The van der Waals surface area contributed by atoms with E-state index in [1.54, 1.807) is 0 Å². The number of nitrogens with one attached hydrogen (secondary N) is 1. The molecule has 4 heteroatoms. The van der Waals surface area contributed by atoms with Gasteiger partial charge >= 0.3 is 0 Å². The zero-order chi connectivity index (χ0) is 17.4. The number of benzene rings is 1. The van der Waals surface area contributed by atoms with Crippen LogP contribution in [0.5, 0.6) is 5.75 Å². The van der Waals surface area contributed by atoms with Crippen molar-refractivity contribution >= 4 is 5.91 Å². The van der Waals surface area contributed by atoms with E-state index in [-0.39, 0.29) is 11.9 Å². The summed E-state index contributed by atoms with van der Waals surface area (Å²) in [6, 6.07) is 8.31. The number of hydrogen-bond donors (Lipinski definition) is 1. The molecule has 2 rings (SSSR count). The van der Waals surface area contributed by atoms with Crippen LogP contribution in [0.2, 0.25) is 0 Å². The molecule has 134 valence electrons. The lowest BCUT2D eigenvalue weighted by atomic mass is 10.0. The fourth-order valence-corrected chi connectivity index (χ4v) is 3.20. The van der Waals surface area contributed by atoms with Gasteiger partial charge in [0.05, 0.1) is 0 Å². The Balaban J connectivity index is 1.82. The number of aryl methyl sites for hydroxylation is 1. The van der Waals surface area contributed by atoms with E-state index < -0.39 is 6.10 Å². The van der Waals surface area contributed by atoms with Gasteiger partial charge in [-0.25, -0.2) is 0 Å². The third-order valence-corrected chi connectivity index (χ3v) is 4.75. The molecule has 4 nitrogen and oxygen atoms in total. The van der Waals surface area contributed by atoms with Gasteiger partial charge in [0, 0.05) is 19.1 Å². The molecular formula is C20H32N2O2. The van der Waals surface area contributed by atoms with Gasteiger partial charge in [-0.3, -0.25) is 4.79 Å². The molecule has 1 heterocycles. The van der Waals surface area contributed by atoms with Gasteiger partial charge in [-0.05, 0) is 56.3 Å². The van der Waals surface area contributed by atoms with Crippen molar-refractivity contribution in [1.82, 2.24) is 10.2 Å². The van der Waals surface area contributed by atoms with Gasteiger partial charge in [0.15, 0.2) is 6.10 Å². The van der Waals surface area contributed by atoms with Gasteiger partial charge in [0.1, 0.15) is 5.75 Å². The molecule has 0 radical (unpaired) electrons. The average Bonchev–Trinajstić information content (AvgIpc) is 2.62. The Kier molecular flexibility index (Phi) is 7.57. The monoisotopic (exact) mass is 332 g/mol. The molecule has 0 aliphatic carbocycles. The Hall–Kier alpha value is -1.55. The molecule has 0 bridgehead atoms. The molecule has 1 aliphatic rings. The zero-order valence-corrected chi connectivity index (χ0v) is 15.4. The highest BCUT2D eigenvalue weighted by Gasteiger charge is 2.24. The maximum atomic E-state index is 12.5. The van der Waals surface area contributed by atoms with Crippen LogP contribution in [0.25, 0.3) is 0 Å². The summed E-state index contributed by atoms with van der Waals surface area (Å²) in [6.07, 6.45) is 4.54. The van der Waals surface area contributed by atoms with E-state index in [0.717, 1.165) is 44.6 Å². The fourth-order valence-electron chi connectivity index (χ4n) is 3.20. The van der Waals surface area contributed by atoms with E-state index in [9.17, 15) is 4.79 Å². The summed E-state index contributed by atoms with van der Waals surface area (Å²) in [5, 5.41) is 3.18. The molecule has 0 spiro atoms. The Morgan fingerprint density at radius 2 is 1.88 bits per heavy atom. The number of carbonyl (C=O) groups is 1. The van der Waals surface area contributed by atoms with Crippen LogP contribution in [0, 0.1) is 0 Å². The Bertz CT molecular complexity index is 493. The summed E-state index contributed by atoms with van der Waals surface area (Å²) in [7, 11) is 0. The molecule has 1 aromatic rings. The Labute approximate surface area is 146 Å². The highest BCUT2D eigenvalue weighted by Crippen LogP contribution is 2.16. The molecule has 24 heavy (non-hydrogen) atoms. The summed E-state index contributed by atoms with van der Waals surface area (Å²) < 4.78 is 5.90. The molecule has 1 aliphatic heterocycles. The maximum Gasteiger partial charge on any atom is 0.261 e. The average molecular weight is 332 g/mol. The van der Waals surface area contributed by atoms with Crippen molar-refractivity contribution < 1.29 is 9.53 Å². The van der Waals surface area contributed by atoms with Crippen molar-refractivity contribution in [3.63, 3.8) is 0 Å². The van der Waals surface area contributed by atoms with Gasteiger partial charge in [-0.15, -0.1) is 0 Å². The molecule has 0 unspecified atom stereocenters. The zero-order valence-electron chi connectivity index (χ0n) is 15.4. The van der Waals surface area contributed by atoms with Gasteiger partial charge < -0.3 is 15.0 Å². The van der Waals surface area contributed by atoms with Gasteiger partial charge in [0.25, 0.3) is 5.91 Å². The molecule has 1 amide bonds. The third kappa shape index (κ3) is 5.52. The summed E-state index contributed by atoms with van der Waals surface area (Å²) in [5.41, 5.74) is 1.28. The maximum absolute atomic E-state index is 12.5. The van der Waals surface area contributed by atoms with Gasteiger partial charge in [0.2, 0.25) is 0 Å². The minimum absolute atomic E-state index is 0.0195. The summed E-state index contributed by atoms with van der Waals surface area (Å²) in [6.45, 7) is 9.65. The normalized spacial score (nSPS) is 17.5. The van der Waals surface area contributed by atoms with Crippen LogP contribution in [0.15, 0.2) is 24.3 Å². The highest BCUT2D eigenvalue weighted by atomic mass is 16.5. The number of piperidine rings is 1. The molecule has 0 saturated carbocycles. The molecule has 1 aromatic carbocycles. The van der Waals surface area contributed by atoms with Gasteiger partial charge in [-0.2, -0.15) is 0 Å². The third-order valence-electron chi connectivity index (χ3n) is 4.75. The lowest BCUT2D eigenvalue weighted by Gasteiger charge is -2.32. The first-order valence-electron chi connectivity index (χ1n) is 9.44. The van der Waals surface area contributed by atoms with Crippen molar-refractivity contribution in [2.45, 2.75) is 65.0 Å². The topological polar surface area (TPSA) is 41.6 Å². The molecule has 1 saturated heterocycles. The SMILES string of the molecule is CCCN1CCC(NC(=O)[C@H](CC)Oc2ccc(CC)cc2)CC1.